The van der Waals surface area contributed by atoms with Crippen LogP contribution in [0.2, 0.25) is 0 Å². The highest BCUT2D eigenvalue weighted by molar-refractivity contribution is 5.85. The van der Waals surface area contributed by atoms with Crippen molar-refractivity contribution in [1.29, 1.82) is 0 Å². The van der Waals surface area contributed by atoms with Crippen molar-refractivity contribution in [2.24, 2.45) is 0 Å². The van der Waals surface area contributed by atoms with Crippen molar-refractivity contribution < 1.29 is 23.8 Å². The van der Waals surface area contributed by atoms with Gasteiger partial charge in [0.05, 0.1) is 13.5 Å². The molecule has 24 heavy (non-hydrogen) atoms. The van der Waals surface area contributed by atoms with Gasteiger partial charge < -0.3 is 14.2 Å². The molecule has 0 saturated heterocycles. The highest BCUT2D eigenvalue weighted by atomic mass is 16.7. The van der Waals surface area contributed by atoms with E-state index in [1.807, 2.05) is 43.3 Å². The van der Waals surface area contributed by atoms with Gasteiger partial charge in [-0.15, -0.1) is 0 Å². The number of benzene rings is 2. The van der Waals surface area contributed by atoms with Crippen LogP contribution in [-0.4, -0.2) is 25.3 Å². The zero-order chi connectivity index (χ0) is 17.5. The molecule has 2 rings (SSSR count). The van der Waals surface area contributed by atoms with Crippen molar-refractivity contribution in [3.63, 3.8) is 0 Å². The SMILES string of the molecule is CCCC(=O)OC(C)OC(=O)Cc1ccc2cc(OC)ccc2c1. The van der Waals surface area contributed by atoms with Crippen LogP contribution in [0.3, 0.4) is 0 Å². The van der Waals surface area contributed by atoms with Crippen LogP contribution in [0.1, 0.15) is 32.3 Å². The molecule has 0 aliphatic heterocycles. The van der Waals surface area contributed by atoms with Crippen LogP contribution in [0.25, 0.3) is 10.8 Å². The van der Waals surface area contributed by atoms with Crippen molar-refractivity contribution in [3.8, 4) is 5.75 Å². The molecule has 5 nitrogen and oxygen atoms in total. The van der Waals surface area contributed by atoms with E-state index in [2.05, 4.69) is 0 Å². The maximum Gasteiger partial charge on any atom is 0.313 e. The summed E-state index contributed by atoms with van der Waals surface area (Å²) in [5.74, 6) is -0.00510. The highest BCUT2D eigenvalue weighted by Gasteiger charge is 2.14. The Bertz CT molecular complexity index is 723. The summed E-state index contributed by atoms with van der Waals surface area (Å²) < 4.78 is 15.3. The van der Waals surface area contributed by atoms with E-state index in [9.17, 15) is 9.59 Å². The quantitative estimate of drug-likeness (QED) is 0.573. The van der Waals surface area contributed by atoms with E-state index in [0.29, 0.717) is 12.8 Å². The summed E-state index contributed by atoms with van der Waals surface area (Å²) in [4.78, 5) is 23.3. The fraction of sp³-hybridized carbons (Fsp3) is 0.368. The van der Waals surface area contributed by atoms with Gasteiger partial charge >= 0.3 is 11.9 Å². The molecular weight excluding hydrogens is 308 g/mol. The van der Waals surface area contributed by atoms with E-state index >= 15 is 0 Å². The third kappa shape index (κ3) is 4.98. The average molecular weight is 330 g/mol. The summed E-state index contributed by atoms with van der Waals surface area (Å²) >= 11 is 0. The first-order valence-electron chi connectivity index (χ1n) is 7.97. The molecule has 0 N–H and O–H groups in total. The van der Waals surface area contributed by atoms with Gasteiger partial charge in [0.15, 0.2) is 0 Å². The van der Waals surface area contributed by atoms with Crippen molar-refractivity contribution in [2.75, 3.05) is 7.11 Å². The summed E-state index contributed by atoms with van der Waals surface area (Å²) in [7, 11) is 1.63. The first-order valence-corrected chi connectivity index (χ1v) is 7.97. The van der Waals surface area contributed by atoms with Gasteiger partial charge in [-0.25, -0.2) is 0 Å². The molecule has 5 heteroatoms. The molecule has 2 aromatic carbocycles. The summed E-state index contributed by atoms with van der Waals surface area (Å²) in [6, 6.07) is 11.5. The summed E-state index contributed by atoms with van der Waals surface area (Å²) in [5, 5.41) is 2.05. The van der Waals surface area contributed by atoms with Crippen LogP contribution in [0.15, 0.2) is 36.4 Å². The predicted octanol–water partition coefficient (Wildman–Crippen LogP) is 3.62. The molecular formula is C19H22O5. The molecule has 0 heterocycles. The molecule has 2 aromatic rings. The molecule has 0 spiro atoms. The second kappa shape index (κ2) is 8.34. The Labute approximate surface area is 141 Å². The van der Waals surface area contributed by atoms with Crippen molar-refractivity contribution >= 4 is 22.7 Å². The Hall–Kier alpha value is -2.56. The lowest BCUT2D eigenvalue weighted by molar-refractivity contribution is -0.183. The Morgan fingerprint density at radius 2 is 1.67 bits per heavy atom. The molecule has 0 aromatic heterocycles. The summed E-state index contributed by atoms with van der Waals surface area (Å²) in [5.41, 5.74) is 0.838. The van der Waals surface area contributed by atoms with E-state index in [1.165, 1.54) is 6.92 Å². The molecule has 0 amide bonds. The van der Waals surface area contributed by atoms with E-state index in [-0.39, 0.29) is 12.4 Å². The van der Waals surface area contributed by atoms with Crippen LogP contribution in [0.4, 0.5) is 0 Å². The highest BCUT2D eigenvalue weighted by Crippen LogP contribution is 2.22. The van der Waals surface area contributed by atoms with Crippen LogP contribution in [0, 0.1) is 0 Å². The Morgan fingerprint density at radius 3 is 2.38 bits per heavy atom. The number of esters is 2. The first kappa shape index (κ1) is 17.8. The minimum atomic E-state index is -0.874. The molecule has 0 radical (unpaired) electrons. The van der Waals surface area contributed by atoms with Gasteiger partial charge in [0, 0.05) is 13.3 Å². The van der Waals surface area contributed by atoms with Crippen LogP contribution < -0.4 is 4.74 Å². The molecule has 128 valence electrons. The number of fused-ring (bicyclic) bond motifs is 1. The molecule has 0 bridgehead atoms. The topological polar surface area (TPSA) is 61.8 Å². The van der Waals surface area contributed by atoms with Gasteiger partial charge in [-0.05, 0) is 34.9 Å². The molecule has 0 aliphatic carbocycles. The van der Waals surface area contributed by atoms with E-state index in [4.69, 9.17) is 14.2 Å². The van der Waals surface area contributed by atoms with Crippen LogP contribution in [-0.2, 0) is 25.5 Å². The largest absolute Gasteiger partial charge is 0.497 e. The number of methoxy groups -OCH3 is 1. The smallest absolute Gasteiger partial charge is 0.313 e. The second-order valence-corrected chi connectivity index (χ2v) is 5.52. The number of ether oxygens (including phenoxy) is 3. The minimum Gasteiger partial charge on any atom is -0.497 e. The van der Waals surface area contributed by atoms with Gasteiger partial charge in [0.25, 0.3) is 0 Å². The van der Waals surface area contributed by atoms with Gasteiger partial charge in [0.2, 0.25) is 6.29 Å². The maximum absolute atomic E-state index is 12.0. The average Bonchev–Trinajstić information content (AvgIpc) is 2.54. The molecule has 0 aliphatic rings. The number of rotatable bonds is 7. The van der Waals surface area contributed by atoms with Crippen LogP contribution in [0.5, 0.6) is 5.75 Å². The zero-order valence-corrected chi connectivity index (χ0v) is 14.2. The monoisotopic (exact) mass is 330 g/mol. The van der Waals surface area contributed by atoms with Gasteiger partial charge in [-0.3, -0.25) is 9.59 Å². The maximum atomic E-state index is 12.0. The van der Waals surface area contributed by atoms with Crippen molar-refractivity contribution in [3.05, 3.63) is 42.0 Å². The molecule has 0 fully saturated rings. The third-order valence-electron chi connectivity index (χ3n) is 3.51. The first-order chi connectivity index (χ1) is 11.5. The third-order valence-corrected chi connectivity index (χ3v) is 3.51. The Balaban J connectivity index is 1.96. The van der Waals surface area contributed by atoms with Crippen molar-refractivity contribution in [1.82, 2.24) is 0 Å². The normalized spacial score (nSPS) is 11.8. The lowest BCUT2D eigenvalue weighted by atomic mass is 10.0. The molecule has 0 saturated carbocycles. The number of hydrogen-bond acceptors (Lipinski definition) is 5. The lowest BCUT2D eigenvalue weighted by Gasteiger charge is -2.14. The lowest BCUT2D eigenvalue weighted by Crippen LogP contribution is -2.22. The van der Waals surface area contributed by atoms with E-state index < -0.39 is 12.3 Å². The number of hydrogen-bond donors (Lipinski definition) is 0. The number of carbonyl (C=O) groups excluding carboxylic acids is 2. The summed E-state index contributed by atoms with van der Waals surface area (Å²) in [6.45, 7) is 3.42. The summed E-state index contributed by atoms with van der Waals surface area (Å²) in [6.07, 6.45) is 0.260. The van der Waals surface area contributed by atoms with Gasteiger partial charge in [0.1, 0.15) is 5.75 Å². The van der Waals surface area contributed by atoms with Gasteiger partial charge in [-0.2, -0.15) is 0 Å². The van der Waals surface area contributed by atoms with E-state index in [0.717, 1.165) is 22.1 Å². The van der Waals surface area contributed by atoms with Crippen molar-refractivity contribution in [2.45, 2.75) is 39.4 Å². The molecule has 1 unspecified atom stereocenters. The number of carbonyl (C=O) groups is 2. The minimum absolute atomic E-state index is 0.123. The van der Waals surface area contributed by atoms with E-state index in [1.54, 1.807) is 7.11 Å². The second-order valence-electron chi connectivity index (χ2n) is 5.52. The Kier molecular flexibility index (Phi) is 6.18. The van der Waals surface area contributed by atoms with Crippen LogP contribution >= 0.6 is 0 Å². The Morgan fingerprint density at radius 1 is 1.00 bits per heavy atom. The fourth-order valence-electron chi connectivity index (χ4n) is 2.38. The standard InChI is InChI=1S/C19H22O5/c1-4-5-18(20)23-13(2)24-19(21)11-14-6-7-16-12-17(22-3)9-8-15(16)10-14/h6-10,12-13H,4-5,11H2,1-3H3. The zero-order valence-electron chi connectivity index (χ0n) is 14.2. The van der Waals surface area contributed by atoms with Gasteiger partial charge in [-0.1, -0.05) is 31.2 Å². The fourth-order valence-corrected chi connectivity index (χ4v) is 2.38. The predicted molar refractivity (Wildman–Crippen MR) is 90.8 cm³/mol. The molecule has 1 atom stereocenters.